The number of ether oxygens (including phenoxy) is 2. The molecule has 2 aromatic rings. The van der Waals surface area contributed by atoms with E-state index in [2.05, 4.69) is 9.72 Å². The molecule has 8 heteroatoms. The number of aromatic amines is 1. The summed E-state index contributed by atoms with van der Waals surface area (Å²) in [5.74, 6) is -0.522. The number of carbonyl (C=O) groups excluding carboxylic acids is 2. The van der Waals surface area contributed by atoms with E-state index in [-0.39, 0.29) is 18.1 Å². The Morgan fingerprint density at radius 1 is 1.17 bits per heavy atom. The summed E-state index contributed by atoms with van der Waals surface area (Å²) in [6.45, 7) is 4.77. The fourth-order valence-electron chi connectivity index (χ4n) is 3.12. The molecule has 0 aliphatic heterocycles. The molecule has 29 heavy (non-hydrogen) atoms. The highest BCUT2D eigenvalue weighted by Crippen LogP contribution is 2.22. The van der Waals surface area contributed by atoms with Gasteiger partial charge in [0.2, 0.25) is 0 Å². The molecule has 1 atom stereocenters. The van der Waals surface area contributed by atoms with Crippen LogP contribution in [0.1, 0.15) is 51.5 Å². The Labute approximate surface area is 168 Å². The first-order chi connectivity index (χ1) is 13.6. The minimum absolute atomic E-state index is 0.0829. The summed E-state index contributed by atoms with van der Waals surface area (Å²) >= 11 is 0. The van der Waals surface area contributed by atoms with Gasteiger partial charge >= 0.3 is 12.6 Å². The van der Waals surface area contributed by atoms with E-state index in [0.717, 1.165) is 5.56 Å². The predicted octanol–water partition coefficient (Wildman–Crippen LogP) is 4.11. The highest BCUT2D eigenvalue weighted by Gasteiger charge is 2.27. The van der Waals surface area contributed by atoms with Crippen molar-refractivity contribution < 1.29 is 27.8 Å². The number of alkyl halides is 2. The third-order valence-corrected chi connectivity index (χ3v) is 4.78. The average Bonchev–Trinajstić information content (AvgIpc) is 2.96. The molecule has 1 unspecified atom stereocenters. The molecule has 0 amide bonds. The Morgan fingerprint density at radius 2 is 1.79 bits per heavy atom. The number of carbonyl (C=O) groups is 2. The third kappa shape index (κ3) is 5.41. The van der Waals surface area contributed by atoms with Gasteiger partial charge in [0.1, 0.15) is 5.75 Å². The van der Waals surface area contributed by atoms with Crippen LogP contribution in [0.2, 0.25) is 0 Å². The van der Waals surface area contributed by atoms with Gasteiger partial charge in [-0.2, -0.15) is 8.78 Å². The summed E-state index contributed by atoms with van der Waals surface area (Å²) in [4.78, 5) is 30.0. The maximum absolute atomic E-state index is 13.0. The van der Waals surface area contributed by atoms with Gasteiger partial charge < -0.3 is 14.5 Å². The summed E-state index contributed by atoms with van der Waals surface area (Å²) in [7, 11) is 1.80. The average molecular weight is 408 g/mol. The van der Waals surface area contributed by atoms with E-state index in [9.17, 15) is 18.4 Å². The summed E-state index contributed by atoms with van der Waals surface area (Å²) in [6, 6.07) is 5.80. The normalized spacial score (nSPS) is 12.3. The van der Waals surface area contributed by atoms with Gasteiger partial charge in [-0.3, -0.25) is 9.69 Å². The lowest BCUT2D eigenvalue weighted by atomic mass is 10.0. The van der Waals surface area contributed by atoms with Crippen LogP contribution in [0, 0.1) is 13.8 Å². The van der Waals surface area contributed by atoms with E-state index in [1.165, 1.54) is 12.1 Å². The lowest BCUT2D eigenvalue weighted by Crippen LogP contribution is -2.36. The highest BCUT2D eigenvalue weighted by molar-refractivity contribution is 6.03. The molecule has 1 aromatic heterocycles. The first-order valence-electron chi connectivity index (χ1n) is 9.30. The molecule has 0 saturated carbocycles. The second-order valence-corrected chi connectivity index (χ2v) is 6.82. The van der Waals surface area contributed by atoms with Crippen molar-refractivity contribution in [1.29, 1.82) is 0 Å². The van der Waals surface area contributed by atoms with E-state index in [4.69, 9.17) is 4.74 Å². The first-order valence-corrected chi connectivity index (χ1v) is 9.30. The zero-order valence-electron chi connectivity index (χ0n) is 17.2. The number of Topliss-reactive ketones (excluding diaryl/α,β-unsaturated/α-hetero) is 1. The topological polar surface area (TPSA) is 71.6 Å². The van der Waals surface area contributed by atoms with Crippen LogP contribution in [0.5, 0.6) is 5.75 Å². The Balaban J connectivity index is 2.11. The molecule has 1 heterocycles. The van der Waals surface area contributed by atoms with Gasteiger partial charge in [-0.1, -0.05) is 12.1 Å². The van der Waals surface area contributed by atoms with Crippen molar-refractivity contribution in [1.82, 2.24) is 9.88 Å². The van der Waals surface area contributed by atoms with Gasteiger partial charge in [0.05, 0.1) is 23.9 Å². The van der Waals surface area contributed by atoms with Gasteiger partial charge in [-0.05, 0) is 58.0 Å². The zero-order chi connectivity index (χ0) is 21.7. The molecule has 0 radical (unpaired) electrons. The van der Waals surface area contributed by atoms with Crippen LogP contribution in [0.15, 0.2) is 24.3 Å². The molecule has 1 N–H and O–H groups in total. The van der Waals surface area contributed by atoms with Crippen molar-refractivity contribution in [3.63, 3.8) is 0 Å². The number of rotatable bonds is 9. The summed E-state index contributed by atoms with van der Waals surface area (Å²) < 4.78 is 33.9. The number of esters is 1. The van der Waals surface area contributed by atoms with E-state index in [1.54, 1.807) is 46.9 Å². The lowest BCUT2D eigenvalue weighted by molar-refractivity contribution is -0.0498. The second-order valence-electron chi connectivity index (χ2n) is 6.82. The summed E-state index contributed by atoms with van der Waals surface area (Å²) in [5, 5.41) is 0. The van der Waals surface area contributed by atoms with Crippen LogP contribution >= 0.6 is 0 Å². The fraction of sp³-hybridized carbons (Fsp3) is 0.429. The molecule has 0 saturated heterocycles. The van der Waals surface area contributed by atoms with Crippen molar-refractivity contribution in [2.45, 2.75) is 46.9 Å². The van der Waals surface area contributed by atoms with Crippen molar-refractivity contribution in [2.75, 3.05) is 13.7 Å². The number of halogens is 2. The molecule has 0 aliphatic rings. The SMILES string of the molecule is CCOC(=O)c1c(C)[nH]c(C(=O)C(C)N(C)Cc2ccc(OC(F)F)cc2)c1C. The first kappa shape index (κ1) is 22.5. The number of aryl methyl sites for hydroxylation is 1. The molecule has 0 spiro atoms. The number of H-pyrrole nitrogens is 1. The van der Waals surface area contributed by atoms with Crippen LogP contribution in [-0.4, -0.2) is 47.9 Å². The molecule has 0 bridgehead atoms. The van der Waals surface area contributed by atoms with Gasteiger partial charge in [0.15, 0.2) is 5.78 Å². The fourth-order valence-corrected chi connectivity index (χ4v) is 3.12. The molecule has 158 valence electrons. The largest absolute Gasteiger partial charge is 0.462 e. The number of aromatic nitrogens is 1. The minimum Gasteiger partial charge on any atom is -0.462 e. The van der Waals surface area contributed by atoms with Gasteiger partial charge in [-0.15, -0.1) is 0 Å². The van der Waals surface area contributed by atoms with E-state index in [0.29, 0.717) is 29.1 Å². The maximum atomic E-state index is 13.0. The Kier molecular flexibility index (Phi) is 7.50. The van der Waals surface area contributed by atoms with Crippen LogP contribution in [0.4, 0.5) is 8.78 Å². The third-order valence-electron chi connectivity index (χ3n) is 4.78. The molecule has 1 aromatic carbocycles. The van der Waals surface area contributed by atoms with Gasteiger partial charge in [0.25, 0.3) is 0 Å². The second kappa shape index (κ2) is 9.65. The smallest absolute Gasteiger partial charge is 0.387 e. The minimum atomic E-state index is -2.87. The number of benzene rings is 1. The number of likely N-dealkylation sites (N-methyl/N-ethyl adjacent to an activating group) is 1. The maximum Gasteiger partial charge on any atom is 0.387 e. The summed E-state index contributed by atoms with van der Waals surface area (Å²) in [6.07, 6.45) is 0. The standard InChI is InChI=1S/C21H26F2N2O4/c1-6-28-20(27)17-12(2)18(24-13(17)3)19(26)14(4)25(5)11-15-7-9-16(10-8-15)29-21(22)23/h7-10,14,21,24H,6,11H2,1-5H3. The zero-order valence-corrected chi connectivity index (χ0v) is 17.2. The van der Waals surface area contributed by atoms with Crippen molar-refractivity contribution in [3.05, 3.63) is 52.3 Å². The van der Waals surface area contributed by atoms with Crippen LogP contribution in [0.3, 0.4) is 0 Å². The number of hydrogen-bond donors (Lipinski definition) is 1. The Bertz CT molecular complexity index is 862. The molecule has 0 aliphatic carbocycles. The number of hydrogen-bond acceptors (Lipinski definition) is 5. The van der Waals surface area contributed by atoms with Gasteiger partial charge in [0, 0.05) is 12.2 Å². The molecule has 2 rings (SSSR count). The quantitative estimate of drug-likeness (QED) is 0.499. The van der Waals surface area contributed by atoms with Crippen molar-refractivity contribution >= 4 is 11.8 Å². The van der Waals surface area contributed by atoms with Crippen molar-refractivity contribution in [2.24, 2.45) is 0 Å². The van der Waals surface area contributed by atoms with Crippen LogP contribution < -0.4 is 4.74 Å². The molecular weight excluding hydrogens is 382 g/mol. The number of nitrogens with one attached hydrogen (secondary N) is 1. The lowest BCUT2D eigenvalue weighted by Gasteiger charge is -2.23. The van der Waals surface area contributed by atoms with Crippen molar-refractivity contribution in [3.8, 4) is 5.75 Å². The van der Waals surface area contributed by atoms with Crippen LogP contribution in [0.25, 0.3) is 0 Å². The highest BCUT2D eigenvalue weighted by atomic mass is 19.3. The van der Waals surface area contributed by atoms with E-state index < -0.39 is 18.6 Å². The number of ketones is 1. The van der Waals surface area contributed by atoms with Gasteiger partial charge in [-0.25, -0.2) is 4.79 Å². The summed E-state index contributed by atoms with van der Waals surface area (Å²) in [5.41, 5.74) is 2.78. The molecular formula is C21H26F2N2O4. The van der Waals surface area contributed by atoms with E-state index >= 15 is 0 Å². The Morgan fingerprint density at radius 3 is 2.34 bits per heavy atom. The predicted molar refractivity (Wildman–Crippen MR) is 105 cm³/mol. The number of nitrogens with zero attached hydrogens (tertiary/aromatic N) is 1. The monoisotopic (exact) mass is 408 g/mol. The Hall–Kier alpha value is -2.74. The molecule has 0 fully saturated rings. The van der Waals surface area contributed by atoms with Crippen LogP contribution in [-0.2, 0) is 11.3 Å². The van der Waals surface area contributed by atoms with E-state index in [1.807, 2.05) is 4.90 Å². The molecule has 6 nitrogen and oxygen atoms in total.